The molecule has 0 aliphatic carbocycles. The Morgan fingerprint density at radius 1 is 1.31 bits per heavy atom. The van der Waals surface area contributed by atoms with Crippen molar-refractivity contribution in [3.8, 4) is 5.75 Å². The molecule has 0 heterocycles. The summed E-state index contributed by atoms with van der Waals surface area (Å²) in [5.74, 6) is 1.13. The fraction of sp³-hybridized carbons (Fsp3) is 0.0769. The van der Waals surface area contributed by atoms with Crippen molar-refractivity contribution >= 4 is 23.2 Å². The maximum atomic E-state index is 5.80. The highest BCUT2D eigenvalue weighted by Gasteiger charge is 1.99. The highest BCUT2D eigenvalue weighted by molar-refractivity contribution is 6.43. The zero-order chi connectivity index (χ0) is 12.1. The van der Waals surface area contributed by atoms with Crippen LogP contribution in [0.2, 0.25) is 0 Å². The van der Waals surface area contributed by atoms with E-state index in [0.29, 0.717) is 16.5 Å². The van der Waals surface area contributed by atoms with Gasteiger partial charge in [-0.05, 0) is 24.6 Å². The third-order valence-corrected chi connectivity index (χ3v) is 2.42. The molecular weight excluding hydrogens is 243 g/mol. The quantitative estimate of drug-likeness (QED) is 0.556. The van der Waals surface area contributed by atoms with Gasteiger partial charge >= 0.3 is 0 Å². The summed E-state index contributed by atoms with van der Waals surface area (Å²) in [6.07, 6.45) is 1.53. The maximum absolute atomic E-state index is 5.80. The molecule has 1 aromatic rings. The van der Waals surface area contributed by atoms with E-state index in [4.69, 9.17) is 27.9 Å². The van der Waals surface area contributed by atoms with E-state index in [9.17, 15) is 0 Å². The van der Waals surface area contributed by atoms with E-state index in [2.05, 4.69) is 13.2 Å². The van der Waals surface area contributed by atoms with E-state index in [0.717, 1.165) is 5.56 Å². The minimum absolute atomic E-state index is 0.260. The lowest BCUT2D eigenvalue weighted by Gasteiger charge is -2.06. The molecule has 1 rings (SSSR count). The minimum atomic E-state index is 0.260. The van der Waals surface area contributed by atoms with Crippen molar-refractivity contribution in [1.29, 1.82) is 0 Å². The number of halogens is 2. The molecular formula is C13H12Cl2O. The van der Waals surface area contributed by atoms with E-state index in [-0.39, 0.29) is 5.03 Å². The Hall–Kier alpha value is -1.18. The lowest BCUT2D eigenvalue weighted by Crippen LogP contribution is -1.91. The van der Waals surface area contributed by atoms with Crippen LogP contribution in [0.25, 0.3) is 0 Å². The third kappa shape index (κ3) is 4.13. The molecule has 0 bridgehead atoms. The largest absolute Gasteiger partial charge is 0.458 e. The normalized spacial score (nSPS) is 11.1. The van der Waals surface area contributed by atoms with Crippen molar-refractivity contribution in [2.45, 2.75) is 6.92 Å². The standard InChI is InChI=1S/C13H12Cl2O/c1-9-5-4-6-12(7-9)16-10(2)8-13(15)11(3)14/h4-8H,2-3H2,1H3/b13-8+. The zero-order valence-corrected chi connectivity index (χ0v) is 10.5. The van der Waals surface area contributed by atoms with Gasteiger partial charge in [-0.2, -0.15) is 0 Å². The zero-order valence-electron chi connectivity index (χ0n) is 8.97. The third-order valence-electron chi connectivity index (χ3n) is 1.79. The molecule has 0 aliphatic rings. The van der Waals surface area contributed by atoms with Crippen LogP contribution >= 0.6 is 23.2 Å². The first-order chi connectivity index (χ1) is 7.49. The van der Waals surface area contributed by atoms with E-state index >= 15 is 0 Å². The Bertz CT molecular complexity index is 447. The summed E-state index contributed by atoms with van der Waals surface area (Å²) < 4.78 is 5.46. The van der Waals surface area contributed by atoms with Crippen LogP contribution in [0.15, 0.2) is 59.3 Å². The van der Waals surface area contributed by atoms with Gasteiger partial charge in [0.2, 0.25) is 0 Å². The molecule has 1 nitrogen and oxygen atoms in total. The van der Waals surface area contributed by atoms with Crippen molar-refractivity contribution in [3.05, 3.63) is 64.9 Å². The van der Waals surface area contributed by atoms with Crippen molar-refractivity contribution in [2.75, 3.05) is 0 Å². The van der Waals surface area contributed by atoms with Crippen LogP contribution in [0.3, 0.4) is 0 Å². The Kier molecular flexibility index (Phi) is 4.66. The number of hydrogen-bond donors (Lipinski definition) is 0. The predicted octanol–water partition coefficient (Wildman–Crippen LogP) is 4.76. The average Bonchev–Trinajstić information content (AvgIpc) is 2.16. The van der Waals surface area contributed by atoms with Gasteiger partial charge in [-0.3, -0.25) is 0 Å². The van der Waals surface area contributed by atoms with E-state index in [1.165, 1.54) is 6.08 Å². The molecule has 0 fully saturated rings. The van der Waals surface area contributed by atoms with Gasteiger partial charge in [0.15, 0.2) is 0 Å². The van der Waals surface area contributed by atoms with E-state index < -0.39 is 0 Å². The number of hydrogen-bond acceptors (Lipinski definition) is 1. The molecule has 0 N–H and O–H groups in total. The van der Waals surface area contributed by atoms with Crippen LogP contribution in [0, 0.1) is 6.92 Å². The van der Waals surface area contributed by atoms with Crippen LogP contribution in [0.1, 0.15) is 5.56 Å². The van der Waals surface area contributed by atoms with Crippen LogP contribution in [-0.2, 0) is 0 Å². The summed E-state index contributed by atoms with van der Waals surface area (Å²) in [7, 11) is 0. The number of aryl methyl sites for hydroxylation is 1. The van der Waals surface area contributed by atoms with Gasteiger partial charge in [0.25, 0.3) is 0 Å². The van der Waals surface area contributed by atoms with Gasteiger partial charge < -0.3 is 4.74 Å². The van der Waals surface area contributed by atoms with Gasteiger partial charge in [0, 0.05) is 6.08 Å². The van der Waals surface area contributed by atoms with E-state index in [1.807, 2.05) is 31.2 Å². The fourth-order valence-electron chi connectivity index (χ4n) is 1.08. The van der Waals surface area contributed by atoms with Crippen molar-refractivity contribution < 1.29 is 4.74 Å². The van der Waals surface area contributed by atoms with Crippen molar-refractivity contribution in [2.24, 2.45) is 0 Å². The first kappa shape index (κ1) is 12.9. The van der Waals surface area contributed by atoms with Crippen LogP contribution in [-0.4, -0.2) is 0 Å². The Balaban J connectivity index is 2.72. The van der Waals surface area contributed by atoms with Gasteiger partial charge in [0.05, 0.1) is 10.1 Å². The summed E-state index contributed by atoms with van der Waals surface area (Å²) in [4.78, 5) is 0. The second-order valence-corrected chi connectivity index (χ2v) is 4.15. The molecule has 0 aliphatic heterocycles. The SMILES string of the molecule is C=C(/C=C(/Cl)C(=C)Cl)Oc1cccc(C)c1. The Morgan fingerprint density at radius 3 is 2.56 bits per heavy atom. The average molecular weight is 255 g/mol. The lowest BCUT2D eigenvalue weighted by molar-refractivity contribution is 0.446. The topological polar surface area (TPSA) is 9.23 Å². The van der Waals surface area contributed by atoms with Gasteiger partial charge in [-0.1, -0.05) is 48.5 Å². The molecule has 0 saturated heterocycles. The van der Waals surface area contributed by atoms with Crippen molar-refractivity contribution in [3.63, 3.8) is 0 Å². The van der Waals surface area contributed by atoms with E-state index in [1.54, 1.807) is 0 Å². The monoisotopic (exact) mass is 254 g/mol. The molecule has 3 heteroatoms. The van der Waals surface area contributed by atoms with Gasteiger partial charge in [-0.25, -0.2) is 0 Å². The molecule has 0 radical (unpaired) electrons. The lowest BCUT2D eigenvalue weighted by atomic mass is 10.2. The van der Waals surface area contributed by atoms with Crippen LogP contribution < -0.4 is 4.74 Å². The second-order valence-electron chi connectivity index (χ2n) is 3.28. The summed E-state index contributed by atoms with van der Waals surface area (Å²) in [6.45, 7) is 9.20. The fourth-order valence-corrected chi connectivity index (χ4v) is 1.26. The molecule has 16 heavy (non-hydrogen) atoms. The van der Waals surface area contributed by atoms with Gasteiger partial charge in [0.1, 0.15) is 11.5 Å². The minimum Gasteiger partial charge on any atom is -0.458 e. The highest BCUT2D eigenvalue weighted by Crippen LogP contribution is 2.20. The molecule has 1 aromatic carbocycles. The summed E-state index contributed by atoms with van der Waals surface area (Å²) in [6, 6.07) is 7.64. The molecule has 0 spiro atoms. The Labute approximate surface area is 106 Å². The van der Waals surface area contributed by atoms with Crippen LogP contribution in [0.5, 0.6) is 5.75 Å². The second kappa shape index (κ2) is 5.78. The number of benzene rings is 1. The van der Waals surface area contributed by atoms with Gasteiger partial charge in [-0.15, -0.1) is 0 Å². The molecule has 84 valence electrons. The van der Waals surface area contributed by atoms with Crippen LogP contribution in [0.4, 0.5) is 0 Å². The predicted molar refractivity (Wildman–Crippen MR) is 69.9 cm³/mol. The summed E-state index contributed by atoms with van der Waals surface area (Å²) in [5, 5.41) is 0.579. The molecule has 0 aromatic heterocycles. The molecule has 0 atom stereocenters. The molecule has 0 amide bonds. The summed E-state index contributed by atoms with van der Waals surface area (Å²) >= 11 is 11.4. The summed E-state index contributed by atoms with van der Waals surface area (Å²) in [5.41, 5.74) is 1.11. The molecule has 0 unspecified atom stereocenters. The first-order valence-corrected chi connectivity index (χ1v) is 5.40. The number of allylic oxidation sites excluding steroid dienone is 3. The first-order valence-electron chi connectivity index (χ1n) is 4.64. The smallest absolute Gasteiger partial charge is 0.127 e. The maximum Gasteiger partial charge on any atom is 0.127 e. The number of ether oxygens (including phenoxy) is 1. The Morgan fingerprint density at radius 2 is 2.00 bits per heavy atom. The highest BCUT2D eigenvalue weighted by atomic mass is 35.5. The molecule has 0 saturated carbocycles. The number of rotatable bonds is 4. The van der Waals surface area contributed by atoms with Crippen molar-refractivity contribution in [1.82, 2.24) is 0 Å².